The van der Waals surface area contributed by atoms with Gasteiger partial charge in [-0.1, -0.05) is 12.1 Å². The van der Waals surface area contributed by atoms with Crippen molar-refractivity contribution in [3.05, 3.63) is 83.9 Å². The summed E-state index contributed by atoms with van der Waals surface area (Å²) in [5.74, 6) is 0.340. The van der Waals surface area contributed by atoms with E-state index < -0.39 is 0 Å². The summed E-state index contributed by atoms with van der Waals surface area (Å²) in [6.45, 7) is 1.54. The molecule has 0 aliphatic rings. The number of hydrogen-bond acceptors (Lipinski definition) is 4. The smallest absolute Gasteiger partial charge is 0.259 e. The van der Waals surface area contributed by atoms with E-state index in [0.717, 1.165) is 11.4 Å². The molecule has 3 rings (SSSR count). The second-order valence-corrected chi connectivity index (χ2v) is 5.99. The van der Waals surface area contributed by atoms with Gasteiger partial charge in [0.1, 0.15) is 5.75 Å². The normalized spacial score (nSPS) is 10.1. The molecule has 0 aromatic heterocycles. The van der Waals surface area contributed by atoms with Crippen molar-refractivity contribution in [1.82, 2.24) is 0 Å². The Bertz CT molecular complexity index is 948. The molecule has 0 saturated carbocycles. The molecule has 3 aromatic rings. The second kappa shape index (κ2) is 8.19. The van der Waals surface area contributed by atoms with E-state index in [1.54, 1.807) is 37.3 Å². The molecule has 0 radical (unpaired) electrons. The highest BCUT2D eigenvalue weighted by atomic mass is 16.5. The van der Waals surface area contributed by atoms with Gasteiger partial charge in [0.15, 0.2) is 5.78 Å². The predicted molar refractivity (Wildman–Crippen MR) is 107 cm³/mol. The van der Waals surface area contributed by atoms with Crippen LogP contribution in [0.1, 0.15) is 27.6 Å². The number of methoxy groups -OCH3 is 1. The maximum Gasteiger partial charge on any atom is 0.259 e. The molecule has 1 amide bonds. The number of Topliss-reactive ketones (excluding diaryl/α,β-unsaturated/α-hetero) is 1. The SMILES string of the molecule is COc1ccccc1C(=O)Nc1ccc(Nc2ccc(C(C)=O)cc2)cc1. The van der Waals surface area contributed by atoms with Crippen molar-refractivity contribution in [3.63, 3.8) is 0 Å². The van der Waals surface area contributed by atoms with Gasteiger partial charge in [-0.05, 0) is 67.6 Å². The van der Waals surface area contributed by atoms with Gasteiger partial charge in [0.2, 0.25) is 0 Å². The third-order valence-electron chi connectivity index (χ3n) is 4.07. The van der Waals surface area contributed by atoms with Crippen LogP contribution in [0.15, 0.2) is 72.8 Å². The molecule has 0 unspecified atom stereocenters. The van der Waals surface area contributed by atoms with Crippen LogP contribution in [0.5, 0.6) is 5.75 Å². The molecule has 0 fully saturated rings. The Labute approximate surface area is 158 Å². The molecule has 5 nitrogen and oxygen atoms in total. The molecule has 5 heteroatoms. The summed E-state index contributed by atoms with van der Waals surface area (Å²) in [7, 11) is 1.54. The zero-order valence-corrected chi connectivity index (χ0v) is 15.2. The van der Waals surface area contributed by atoms with Crippen LogP contribution in [0.3, 0.4) is 0 Å². The van der Waals surface area contributed by atoms with Crippen molar-refractivity contribution in [2.45, 2.75) is 6.92 Å². The fourth-order valence-electron chi connectivity index (χ4n) is 2.62. The van der Waals surface area contributed by atoms with E-state index >= 15 is 0 Å². The lowest BCUT2D eigenvalue weighted by Crippen LogP contribution is -2.13. The number of nitrogens with one attached hydrogen (secondary N) is 2. The van der Waals surface area contributed by atoms with Gasteiger partial charge < -0.3 is 15.4 Å². The Hall–Kier alpha value is -3.60. The number of anilines is 3. The Morgan fingerprint density at radius 3 is 1.93 bits per heavy atom. The first-order valence-corrected chi connectivity index (χ1v) is 8.49. The molecule has 0 heterocycles. The summed E-state index contributed by atoms with van der Waals surface area (Å²) >= 11 is 0. The van der Waals surface area contributed by atoms with Crippen LogP contribution in [0, 0.1) is 0 Å². The van der Waals surface area contributed by atoms with E-state index in [2.05, 4.69) is 10.6 Å². The number of amides is 1. The van der Waals surface area contributed by atoms with E-state index in [0.29, 0.717) is 22.6 Å². The molecule has 136 valence electrons. The fraction of sp³-hybridized carbons (Fsp3) is 0.0909. The molecule has 3 aromatic carbocycles. The van der Waals surface area contributed by atoms with Crippen molar-refractivity contribution in [1.29, 1.82) is 0 Å². The van der Waals surface area contributed by atoms with Gasteiger partial charge >= 0.3 is 0 Å². The first kappa shape index (κ1) is 18.2. The zero-order valence-electron chi connectivity index (χ0n) is 15.2. The summed E-state index contributed by atoms with van der Waals surface area (Å²) < 4.78 is 5.22. The van der Waals surface area contributed by atoms with Gasteiger partial charge in [-0.15, -0.1) is 0 Å². The number of hydrogen-bond donors (Lipinski definition) is 2. The van der Waals surface area contributed by atoms with Crippen molar-refractivity contribution in [2.24, 2.45) is 0 Å². The number of ether oxygens (including phenoxy) is 1. The zero-order chi connectivity index (χ0) is 19.2. The van der Waals surface area contributed by atoms with Crippen molar-refractivity contribution in [2.75, 3.05) is 17.7 Å². The second-order valence-electron chi connectivity index (χ2n) is 5.99. The van der Waals surface area contributed by atoms with Crippen molar-refractivity contribution < 1.29 is 14.3 Å². The van der Waals surface area contributed by atoms with Crippen LogP contribution in [0.25, 0.3) is 0 Å². The van der Waals surface area contributed by atoms with Gasteiger partial charge in [0, 0.05) is 22.6 Å². The number of benzene rings is 3. The van der Waals surface area contributed by atoms with Gasteiger partial charge in [-0.2, -0.15) is 0 Å². The van der Waals surface area contributed by atoms with E-state index in [9.17, 15) is 9.59 Å². The highest BCUT2D eigenvalue weighted by molar-refractivity contribution is 6.06. The Morgan fingerprint density at radius 2 is 1.33 bits per heavy atom. The number of ketones is 1. The van der Waals surface area contributed by atoms with Crippen molar-refractivity contribution in [3.8, 4) is 5.75 Å². The van der Waals surface area contributed by atoms with E-state index in [-0.39, 0.29) is 11.7 Å². The standard InChI is InChI=1S/C22H20N2O3/c1-15(25)16-7-9-17(10-8-16)23-18-11-13-19(14-12-18)24-22(26)20-5-3-4-6-21(20)27-2/h3-14,23H,1-2H3,(H,24,26). The lowest BCUT2D eigenvalue weighted by molar-refractivity contribution is 0.101. The molecule has 0 aliphatic heterocycles. The van der Waals surface area contributed by atoms with Gasteiger partial charge in [0.05, 0.1) is 12.7 Å². The Balaban J connectivity index is 1.66. The lowest BCUT2D eigenvalue weighted by Gasteiger charge is -2.11. The molecule has 0 bridgehead atoms. The molecule has 2 N–H and O–H groups in total. The van der Waals surface area contributed by atoms with Crippen LogP contribution in [0.2, 0.25) is 0 Å². The van der Waals surface area contributed by atoms with Gasteiger partial charge in [-0.25, -0.2) is 0 Å². The summed E-state index contributed by atoms with van der Waals surface area (Å²) in [5.41, 5.74) is 3.60. The fourth-order valence-corrected chi connectivity index (χ4v) is 2.62. The van der Waals surface area contributed by atoms with Crippen LogP contribution in [-0.4, -0.2) is 18.8 Å². The number of carbonyl (C=O) groups is 2. The predicted octanol–water partition coefficient (Wildman–Crippen LogP) is 4.89. The minimum atomic E-state index is -0.229. The summed E-state index contributed by atoms with van der Waals surface area (Å²) in [4.78, 5) is 23.7. The quantitative estimate of drug-likeness (QED) is 0.614. The molecular weight excluding hydrogens is 340 g/mol. The molecule has 0 atom stereocenters. The first-order chi connectivity index (χ1) is 13.1. The average molecular weight is 360 g/mol. The Morgan fingerprint density at radius 1 is 0.778 bits per heavy atom. The first-order valence-electron chi connectivity index (χ1n) is 8.49. The maximum absolute atomic E-state index is 12.4. The lowest BCUT2D eigenvalue weighted by atomic mass is 10.1. The number of carbonyl (C=O) groups excluding carboxylic acids is 2. The topological polar surface area (TPSA) is 67.4 Å². The van der Waals surface area contributed by atoms with Crippen molar-refractivity contribution >= 4 is 28.8 Å². The van der Waals surface area contributed by atoms with Gasteiger partial charge in [0.25, 0.3) is 5.91 Å². The van der Waals surface area contributed by atoms with Crippen LogP contribution in [0.4, 0.5) is 17.1 Å². The molecule has 0 aliphatic carbocycles. The number of para-hydroxylation sites is 1. The Kier molecular flexibility index (Phi) is 5.52. The summed E-state index contributed by atoms with van der Waals surface area (Å²) in [6, 6.07) is 21.7. The summed E-state index contributed by atoms with van der Waals surface area (Å²) in [6.07, 6.45) is 0. The largest absolute Gasteiger partial charge is 0.496 e. The van der Waals surface area contributed by atoms with Gasteiger partial charge in [-0.3, -0.25) is 9.59 Å². The molecular formula is C22H20N2O3. The highest BCUT2D eigenvalue weighted by Crippen LogP contribution is 2.22. The molecule has 0 spiro atoms. The van der Waals surface area contributed by atoms with Crippen LogP contribution in [-0.2, 0) is 0 Å². The highest BCUT2D eigenvalue weighted by Gasteiger charge is 2.11. The third-order valence-corrected chi connectivity index (χ3v) is 4.07. The minimum Gasteiger partial charge on any atom is -0.496 e. The van der Waals surface area contributed by atoms with E-state index in [4.69, 9.17) is 4.74 Å². The third kappa shape index (κ3) is 4.52. The van der Waals surface area contributed by atoms with E-state index in [1.165, 1.54) is 7.11 Å². The minimum absolute atomic E-state index is 0.0386. The summed E-state index contributed by atoms with van der Waals surface area (Å²) in [5, 5.41) is 6.12. The van der Waals surface area contributed by atoms with Crippen LogP contribution < -0.4 is 15.4 Å². The van der Waals surface area contributed by atoms with Crippen LogP contribution >= 0.6 is 0 Å². The maximum atomic E-state index is 12.4. The van der Waals surface area contributed by atoms with E-state index in [1.807, 2.05) is 42.5 Å². The monoisotopic (exact) mass is 360 g/mol. The average Bonchev–Trinajstić information content (AvgIpc) is 2.69. The number of rotatable bonds is 6. The molecule has 27 heavy (non-hydrogen) atoms. The molecule has 0 saturated heterocycles.